The van der Waals surface area contributed by atoms with Crippen molar-refractivity contribution in [1.29, 1.82) is 0 Å². The number of carbonyl (C=O) groups excluding carboxylic acids is 1. The molecule has 5 nitrogen and oxygen atoms in total. The highest BCUT2D eigenvalue weighted by molar-refractivity contribution is 8.00. The Balaban J connectivity index is 1.64. The average Bonchev–Trinajstić information content (AvgIpc) is 2.97. The molecule has 0 aliphatic rings. The SMILES string of the molecule is Cc1[nH]c(SC(C)C(=O)Nc2ncc(Cl)cc2Cl)nc1Cc1ccccc1. The lowest BCUT2D eigenvalue weighted by Crippen LogP contribution is -2.23. The van der Waals surface area contributed by atoms with Crippen LogP contribution in [-0.4, -0.2) is 26.1 Å². The second kappa shape index (κ2) is 8.78. The summed E-state index contributed by atoms with van der Waals surface area (Å²) in [6.07, 6.45) is 2.18. The van der Waals surface area contributed by atoms with Crippen molar-refractivity contribution in [2.45, 2.75) is 30.7 Å². The largest absolute Gasteiger partial charge is 0.337 e. The fraction of sp³-hybridized carbons (Fsp3) is 0.211. The third-order valence-electron chi connectivity index (χ3n) is 3.89. The number of aryl methyl sites for hydroxylation is 1. The summed E-state index contributed by atoms with van der Waals surface area (Å²) in [5.74, 6) is 0.0780. The highest BCUT2D eigenvalue weighted by Gasteiger charge is 2.19. The Bertz CT molecular complexity index is 946. The molecule has 0 aliphatic heterocycles. The normalized spacial score (nSPS) is 12.0. The van der Waals surface area contributed by atoms with Crippen molar-refractivity contribution in [3.63, 3.8) is 0 Å². The molecule has 0 aliphatic carbocycles. The van der Waals surface area contributed by atoms with E-state index in [1.807, 2.05) is 25.1 Å². The summed E-state index contributed by atoms with van der Waals surface area (Å²) in [5.41, 5.74) is 3.16. The van der Waals surface area contributed by atoms with Crippen molar-refractivity contribution in [3.8, 4) is 0 Å². The molecule has 8 heteroatoms. The van der Waals surface area contributed by atoms with Crippen molar-refractivity contribution in [1.82, 2.24) is 15.0 Å². The van der Waals surface area contributed by atoms with Crippen LogP contribution < -0.4 is 5.32 Å². The number of rotatable bonds is 6. The number of aromatic amines is 1. The first kappa shape index (κ1) is 19.7. The van der Waals surface area contributed by atoms with Gasteiger partial charge in [-0.05, 0) is 25.5 Å². The molecular formula is C19H18Cl2N4OS. The van der Waals surface area contributed by atoms with Crippen molar-refractivity contribution in [2.24, 2.45) is 0 Å². The minimum absolute atomic E-state index is 0.213. The molecule has 0 fully saturated rings. The fourth-order valence-corrected chi connectivity index (χ4v) is 3.73. The van der Waals surface area contributed by atoms with E-state index in [0.29, 0.717) is 21.0 Å². The van der Waals surface area contributed by atoms with Gasteiger partial charge >= 0.3 is 0 Å². The number of nitrogens with one attached hydrogen (secondary N) is 2. The molecule has 3 aromatic rings. The van der Waals surface area contributed by atoms with Crippen LogP contribution in [0.2, 0.25) is 10.0 Å². The topological polar surface area (TPSA) is 70.7 Å². The standard InChI is InChI=1S/C19H18Cl2N4OS/c1-11-16(8-13-6-4-3-5-7-13)24-19(23-11)27-12(2)18(26)25-17-15(21)9-14(20)10-22-17/h3-7,9-10,12H,8H2,1-2H3,(H,23,24)(H,22,25,26). The minimum Gasteiger partial charge on any atom is -0.337 e. The van der Waals surface area contributed by atoms with Crippen molar-refractivity contribution in [3.05, 3.63) is 69.6 Å². The van der Waals surface area contributed by atoms with E-state index in [2.05, 4.69) is 32.4 Å². The third-order valence-corrected chi connectivity index (χ3v) is 5.36. The van der Waals surface area contributed by atoms with E-state index >= 15 is 0 Å². The Morgan fingerprint density at radius 1 is 1.30 bits per heavy atom. The van der Waals surface area contributed by atoms with Crippen LogP contribution in [0.5, 0.6) is 0 Å². The monoisotopic (exact) mass is 420 g/mol. The number of hydrogen-bond acceptors (Lipinski definition) is 4. The van der Waals surface area contributed by atoms with Crippen LogP contribution in [0.4, 0.5) is 5.82 Å². The predicted molar refractivity (Wildman–Crippen MR) is 111 cm³/mol. The van der Waals surface area contributed by atoms with E-state index in [9.17, 15) is 4.79 Å². The van der Waals surface area contributed by atoms with Crippen LogP contribution >= 0.6 is 35.0 Å². The van der Waals surface area contributed by atoms with Crippen LogP contribution in [0.15, 0.2) is 47.8 Å². The molecule has 1 atom stereocenters. The first-order chi connectivity index (χ1) is 12.9. The zero-order valence-corrected chi connectivity index (χ0v) is 17.1. The maximum Gasteiger partial charge on any atom is 0.238 e. The van der Waals surface area contributed by atoms with Crippen LogP contribution in [-0.2, 0) is 11.2 Å². The average molecular weight is 421 g/mol. The first-order valence-corrected chi connectivity index (χ1v) is 9.94. The number of halogens is 2. The maximum atomic E-state index is 12.4. The van der Waals surface area contributed by atoms with E-state index in [-0.39, 0.29) is 11.2 Å². The van der Waals surface area contributed by atoms with Crippen molar-refractivity contribution in [2.75, 3.05) is 5.32 Å². The second-order valence-corrected chi connectivity index (χ2v) is 8.18. The molecule has 3 rings (SSSR count). The highest BCUT2D eigenvalue weighted by atomic mass is 35.5. The molecule has 0 radical (unpaired) electrons. The Kier molecular flexibility index (Phi) is 6.42. The number of carbonyl (C=O) groups is 1. The van der Waals surface area contributed by atoms with Crippen molar-refractivity contribution < 1.29 is 4.79 Å². The smallest absolute Gasteiger partial charge is 0.238 e. The van der Waals surface area contributed by atoms with Gasteiger partial charge in [0.2, 0.25) is 5.91 Å². The summed E-state index contributed by atoms with van der Waals surface area (Å²) in [6.45, 7) is 3.79. The van der Waals surface area contributed by atoms with Gasteiger partial charge in [-0.15, -0.1) is 0 Å². The number of imidazole rings is 1. The first-order valence-electron chi connectivity index (χ1n) is 8.30. The molecule has 2 heterocycles. The molecule has 1 aromatic carbocycles. The number of thioether (sulfide) groups is 1. The molecular weight excluding hydrogens is 403 g/mol. The lowest BCUT2D eigenvalue weighted by atomic mass is 10.1. The molecule has 0 spiro atoms. The fourth-order valence-electron chi connectivity index (χ4n) is 2.43. The van der Waals surface area contributed by atoms with Gasteiger partial charge in [0.05, 0.1) is 21.0 Å². The number of anilines is 1. The number of hydrogen-bond donors (Lipinski definition) is 2. The van der Waals surface area contributed by atoms with E-state index < -0.39 is 0 Å². The number of nitrogens with zero attached hydrogens (tertiary/aromatic N) is 2. The molecule has 0 saturated heterocycles. The zero-order chi connectivity index (χ0) is 19.4. The molecule has 2 aromatic heterocycles. The predicted octanol–water partition coefficient (Wildman–Crippen LogP) is 5.13. The number of pyridine rings is 1. The Morgan fingerprint density at radius 3 is 2.74 bits per heavy atom. The van der Waals surface area contributed by atoms with Crippen LogP contribution in [0.25, 0.3) is 0 Å². The summed E-state index contributed by atoms with van der Waals surface area (Å²) in [5, 5.41) is 3.75. The zero-order valence-electron chi connectivity index (χ0n) is 14.8. The molecule has 27 heavy (non-hydrogen) atoms. The maximum absolute atomic E-state index is 12.4. The van der Waals surface area contributed by atoms with E-state index in [4.69, 9.17) is 23.2 Å². The highest BCUT2D eigenvalue weighted by Crippen LogP contribution is 2.26. The Labute approximate surface area is 171 Å². The number of benzene rings is 1. The van der Waals surface area contributed by atoms with Crippen molar-refractivity contribution >= 4 is 46.7 Å². The summed E-state index contributed by atoms with van der Waals surface area (Å²) in [4.78, 5) is 24.4. The Hall–Kier alpha value is -2.02. The second-order valence-electron chi connectivity index (χ2n) is 6.01. The molecule has 1 unspecified atom stereocenters. The van der Waals surface area contributed by atoms with Gasteiger partial charge in [0.1, 0.15) is 0 Å². The number of H-pyrrole nitrogens is 1. The summed E-state index contributed by atoms with van der Waals surface area (Å²) >= 11 is 13.2. The molecule has 1 amide bonds. The molecule has 0 saturated carbocycles. The van der Waals surface area contributed by atoms with E-state index in [1.54, 1.807) is 6.92 Å². The van der Waals surface area contributed by atoms with Gasteiger partial charge < -0.3 is 10.3 Å². The van der Waals surface area contributed by atoms with Crippen LogP contribution in [0.3, 0.4) is 0 Å². The minimum atomic E-state index is -0.381. The van der Waals surface area contributed by atoms with Crippen LogP contribution in [0, 0.1) is 6.92 Å². The summed E-state index contributed by atoms with van der Waals surface area (Å²) < 4.78 is 0. The van der Waals surface area contributed by atoms with E-state index in [0.717, 1.165) is 17.8 Å². The summed E-state index contributed by atoms with van der Waals surface area (Å²) in [6, 6.07) is 11.7. The lowest BCUT2D eigenvalue weighted by molar-refractivity contribution is -0.115. The number of aromatic nitrogens is 3. The lowest BCUT2D eigenvalue weighted by Gasteiger charge is -2.11. The quantitative estimate of drug-likeness (QED) is 0.542. The van der Waals surface area contributed by atoms with E-state index in [1.165, 1.54) is 29.6 Å². The van der Waals surface area contributed by atoms with Gasteiger partial charge in [0.15, 0.2) is 11.0 Å². The molecule has 140 valence electrons. The van der Waals surface area contributed by atoms with Gasteiger partial charge in [-0.1, -0.05) is 65.3 Å². The van der Waals surface area contributed by atoms with Crippen LogP contribution in [0.1, 0.15) is 23.9 Å². The van der Waals surface area contributed by atoms with Gasteiger partial charge in [-0.2, -0.15) is 0 Å². The van der Waals surface area contributed by atoms with Gasteiger partial charge in [0.25, 0.3) is 0 Å². The Morgan fingerprint density at radius 2 is 2.04 bits per heavy atom. The molecule has 0 bridgehead atoms. The third kappa shape index (κ3) is 5.25. The van der Waals surface area contributed by atoms with Gasteiger partial charge in [-0.3, -0.25) is 4.79 Å². The van der Waals surface area contributed by atoms with Gasteiger partial charge in [-0.25, -0.2) is 9.97 Å². The summed E-state index contributed by atoms with van der Waals surface area (Å²) in [7, 11) is 0. The van der Waals surface area contributed by atoms with Gasteiger partial charge in [0, 0.05) is 18.3 Å². The number of amides is 1. The molecule has 2 N–H and O–H groups in total.